The molecule has 8 nitrogen and oxygen atoms in total. The molecule has 3 heterocycles. The van der Waals surface area contributed by atoms with E-state index in [-0.39, 0.29) is 40.9 Å². The van der Waals surface area contributed by atoms with Crippen molar-refractivity contribution in [2.75, 3.05) is 30.8 Å². The van der Waals surface area contributed by atoms with E-state index in [1.807, 2.05) is 4.90 Å². The summed E-state index contributed by atoms with van der Waals surface area (Å²) in [5.41, 5.74) is -2.70. The summed E-state index contributed by atoms with van der Waals surface area (Å²) in [6, 6.07) is 1.58. The molecule has 1 saturated heterocycles. The summed E-state index contributed by atoms with van der Waals surface area (Å²) < 4.78 is 94.8. The Kier molecular flexibility index (Phi) is 5.47. The van der Waals surface area contributed by atoms with Crippen LogP contribution in [0.3, 0.4) is 0 Å². The minimum Gasteiger partial charge on any atom is -0.503 e. The van der Waals surface area contributed by atoms with Crippen LogP contribution in [-0.4, -0.2) is 64.0 Å². The number of rotatable bonds is 3. The number of hydrogen-bond donors (Lipinski definition) is 1. The number of alkyl halides is 3. The van der Waals surface area contributed by atoms with E-state index < -0.39 is 50.4 Å². The topological polar surface area (TPSA) is 91.6 Å². The van der Waals surface area contributed by atoms with Crippen LogP contribution in [0.25, 0.3) is 16.7 Å². The maximum absolute atomic E-state index is 14.7. The van der Waals surface area contributed by atoms with Gasteiger partial charge in [0.1, 0.15) is 17.0 Å². The lowest BCUT2D eigenvalue weighted by molar-refractivity contribution is -0.140. The number of aryl methyl sites for hydroxylation is 1. The number of phenolic OH excluding ortho intramolecular Hbond substituents is 1. The van der Waals surface area contributed by atoms with Crippen LogP contribution in [0.2, 0.25) is 5.02 Å². The third-order valence-corrected chi connectivity index (χ3v) is 8.15. The maximum Gasteiger partial charge on any atom is 0.419 e. The molecule has 1 spiro atoms. The van der Waals surface area contributed by atoms with Gasteiger partial charge in [0.05, 0.1) is 33.6 Å². The van der Waals surface area contributed by atoms with Crippen LogP contribution < -0.4 is 4.90 Å². The van der Waals surface area contributed by atoms with Crippen molar-refractivity contribution in [2.45, 2.75) is 31.5 Å². The summed E-state index contributed by atoms with van der Waals surface area (Å²) in [6.07, 6.45) is -2.62. The molecule has 5 rings (SSSR count). The zero-order valence-corrected chi connectivity index (χ0v) is 20.4. The third kappa shape index (κ3) is 3.86. The van der Waals surface area contributed by atoms with Crippen LogP contribution in [0.15, 0.2) is 12.1 Å². The van der Waals surface area contributed by atoms with E-state index in [0.717, 1.165) is 10.9 Å². The number of phenols is 1. The standard InChI is InChI=1S/C21H19ClF5N5O3S/c1-10-17-14(32(29-10)13-7-11(21(25,26)27)15(23)18(33)16(13)24)8-12(22)19(28-17)31-6-5-30(36(2,34)35)9-20(31)3-4-20/h7-8,33H,3-6,9H2,1-2H3. The van der Waals surface area contributed by atoms with Crippen molar-refractivity contribution >= 4 is 38.5 Å². The molecular weight excluding hydrogens is 533 g/mol. The Bertz CT molecular complexity index is 1520. The second kappa shape index (κ2) is 7.89. The Labute approximate surface area is 206 Å². The summed E-state index contributed by atoms with van der Waals surface area (Å²) >= 11 is 6.53. The van der Waals surface area contributed by atoms with Crippen LogP contribution in [-0.2, 0) is 16.2 Å². The summed E-state index contributed by atoms with van der Waals surface area (Å²) in [7, 11) is -3.39. The lowest BCUT2D eigenvalue weighted by Gasteiger charge is -2.42. The SMILES string of the molecule is Cc1nn(-c2cc(C(F)(F)F)c(F)c(O)c2F)c2cc(Cl)c(N3CCN(S(C)(=O)=O)CC34CC4)nc12. The molecule has 0 atom stereocenters. The Morgan fingerprint density at radius 2 is 1.81 bits per heavy atom. The first kappa shape index (κ1) is 25.0. The molecule has 2 aliphatic rings. The van der Waals surface area contributed by atoms with Crippen LogP contribution in [0.1, 0.15) is 24.1 Å². The number of hydrogen-bond acceptors (Lipinski definition) is 6. The predicted octanol–water partition coefficient (Wildman–Crippen LogP) is 4.00. The van der Waals surface area contributed by atoms with E-state index in [4.69, 9.17) is 11.6 Å². The van der Waals surface area contributed by atoms with Crippen LogP contribution >= 0.6 is 11.6 Å². The molecule has 0 bridgehead atoms. The van der Waals surface area contributed by atoms with E-state index in [0.29, 0.717) is 25.2 Å². The molecule has 1 aliphatic carbocycles. The van der Waals surface area contributed by atoms with Crippen LogP contribution in [0, 0.1) is 18.6 Å². The zero-order valence-electron chi connectivity index (χ0n) is 18.9. The van der Waals surface area contributed by atoms with Gasteiger partial charge in [-0.25, -0.2) is 26.9 Å². The van der Waals surface area contributed by atoms with Gasteiger partial charge in [0, 0.05) is 19.6 Å². The molecule has 1 aromatic carbocycles. The predicted molar refractivity (Wildman–Crippen MR) is 121 cm³/mol. The van der Waals surface area contributed by atoms with Crippen LogP contribution in [0.4, 0.5) is 27.8 Å². The highest BCUT2D eigenvalue weighted by Gasteiger charge is 2.53. The Morgan fingerprint density at radius 3 is 2.39 bits per heavy atom. The fraction of sp³-hybridized carbons (Fsp3) is 0.429. The number of piperazine rings is 1. The third-order valence-electron chi connectivity index (χ3n) is 6.62. The summed E-state index contributed by atoms with van der Waals surface area (Å²) in [6.45, 7) is 2.30. The number of aromatic hydroxyl groups is 1. The van der Waals surface area contributed by atoms with Crippen molar-refractivity contribution in [3.8, 4) is 11.4 Å². The van der Waals surface area contributed by atoms with Crippen molar-refractivity contribution in [3.63, 3.8) is 0 Å². The van der Waals surface area contributed by atoms with Gasteiger partial charge in [-0.1, -0.05) is 11.6 Å². The lowest BCUT2D eigenvalue weighted by atomic mass is 10.1. The van der Waals surface area contributed by atoms with Crippen molar-refractivity contribution in [2.24, 2.45) is 0 Å². The molecule has 0 amide bonds. The normalized spacial score (nSPS) is 18.4. The zero-order chi connectivity index (χ0) is 26.4. The molecule has 0 radical (unpaired) electrons. The van der Waals surface area contributed by atoms with Gasteiger partial charge in [-0.15, -0.1) is 0 Å². The number of anilines is 1. The first-order chi connectivity index (χ1) is 16.6. The maximum atomic E-state index is 14.7. The highest BCUT2D eigenvalue weighted by atomic mass is 35.5. The summed E-state index contributed by atoms with van der Waals surface area (Å²) in [4.78, 5) is 6.49. The van der Waals surface area contributed by atoms with Gasteiger partial charge < -0.3 is 10.0 Å². The van der Waals surface area contributed by atoms with Gasteiger partial charge in [0.25, 0.3) is 0 Å². The monoisotopic (exact) mass is 551 g/mol. The van der Waals surface area contributed by atoms with E-state index in [1.165, 1.54) is 17.3 Å². The number of fused-ring (bicyclic) bond motifs is 1. The molecule has 194 valence electrons. The molecule has 3 aromatic rings. The number of halogens is 6. The minimum atomic E-state index is -5.20. The fourth-order valence-electron chi connectivity index (χ4n) is 4.62. The molecule has 1 aliphatic heterocycles. The molecular formula is C21H19ClF5N5O3S. The molecule has 2 fully saturated rings. The van der Waals surface area contributed by atoms with Gasteiger partial charge in [0.2, 0.25) is 10.0 Å². The Morgan fingerprint density at radius 1 is 1.14 bits per heavy atom. The van der Waals surface area contributed by atoms with Crippen molar-refractivity contribution < 1.29 is 35.5 Å². The van der Waals surface area contributed by atoms with Crippen molar-refractivity contribution in [3.05, 3.63) is 40.0 Å². The second-order valence-corrected chi connectivity index (χ2v) is 11.4. The number of pyridine rings is 1. The number of nitrogens with zero attached hydrogens (tertiary/aromatic N) is 5. The van der Waals surface area contributed by atoms with Gasteiger partial charge in [-0.05, 0) is 31.9 Å². The molecule has 0 unspecified atom stereocenters. The molecule has 1 N–H and O–H groups in total. The summed E-state index contributed by atoms with van der Waals surface area (Å²) in [5, 5.41) is 13.9. The first-order valence-corrected chi connectivity index (χ1v) is 12.9. The van der Waals surface area contributed by atoms with Gasteiger partial charge in [0.15, 0.2) is 17.4 Å². The Balaban J connectivity index is 1.63. The average Bonchev–Trinajstić information content (AvgIpc) is 3.46. The number of aromatic nitrogens is 3. The van der Waals surface area contributed by atoms with Crippen molar-refractivity contribution in [1.82, 2.24) is 19.1 Å². The van der Waals surface area contributed by atoms with Crippen LogP contribution in [0.5, 0.6) is 5.75 Å². The number of sulfonamides is 1. The van der Waals surface area contributed by atoms with Gasteiger partial charge in [-0.3, -0.25) is 0 Å². The molecule has 2 aromatic heterocycles. The molecule has 36 heavy (non-hydrogen) atoms. The average molecular weight is 552 g/mol. The second-order valence-electron chi connectivity index (χ2n) is 9.05. The Hall–Kier alpha value is -2.71. The smallest absolute Gasteiger partial charge is 0.419 e. The van der Waals surface area contributed by atoms with E-state index in [2.05, 4.69) is 10.1 Å². The first-order valence-electron chi connectivity index (χ1n) is 10.7. The quantitative estimate of drug-likeness (QED) is 0.495. The molecule has 15 heteroatoms. The van der Waals surface area contributed by atoms with Gasteiger partial charge >= 0.3 is 6.18 Å². The largest absolute Gasteiger partial charge is 0.503 e. The van der Waals surface area contributed by atoms with E-state index in [9.17, 15) is 35.5 Å². The van der Waals surface area contributed by atoms with Gasteiger partial charge in [-0.2, -0.15) is 22.6 Å². The molecule has 1 saturated carbocycles. The minimum absolute atomic E-state index is 0.0406. The highest BCUT2D eigenvalue weighted by molar-refractivity contribution is 7.88. The summed E-state index contributed by atoms with van der Waals surface area (Å²) in [5.74, 6) is -5.19. The highest BCUT2D eigenvalue weighted by Crippen LogP contribution is 2.48. The van der Waals surface area contributed by atoms with Crippen molar-refractivity contribution in [1.29, 1.82) is 0 Å². The van der Waals surface area contributed by atoms with E-state index >= 15 is 0 Å². The number of benzene rings is 1. The fourth-order valence-corrected chi connectivity index (χ4v) is 5.75. The van der Waals surface area contributed by atoms with E-state index in [1.54, 1.807) is 0 Å². The lowest BCUT2D eigenvalue weighted by Crippen LogP contribution is -2.56.